The van der Waals surface area contributed by atoms with Gasteiger partial charge in [-0.15, -0.1) is 0 Å². The van der Waals surface area contributed by atoms with E-state index in [2.05, 4.69) is 5.43 Å². The van der Waals surface area contributed by atoms with Gasteiger partial charge < -0.3 is 9.94 Å². The van der Waals surface area contributed by atoms with Crippen molar-refractivity contribution in [2.45, 2.75) is 19.5 Å². The SMILES string of the molecule is COc1ccc(C(/C=[N+](/[O-])NCc2ccccc2)N(C(=O)c2ccccc2C)c2ccccc2)cc1. The summed E-state index contributed by atoms with van der Waals surface area (Å²) < 4.78 is 5.32. The van der Waals surface area contributed by atoms with Crippen LogP contribution in [-0.4, -0.2) is 24.1 Å². The average molecular weight is 480 g/mol. The van der Waals surface area contributed by atoms with Gasteiger partial charge in [-0.25, -0.2) is 0 Å². The number of hydrogen-bond donors (Lipinski definition) is 1. The fraction of sp³-hybridized carbons (Fsp3) is 0.133. The summed E-state index contributed by atoms with van der Waals surface area (Å²) in [4.78, 5) is 16.3. The molecule has 0 aliphatic heterocycles. The van der Waals surface area contributed by atoms with Crippen molar-refractivity contribution >= 4 is 17.8 Å². The van der Waals surface area contributed by atoms with Crippen LogP contribution in [0.1, 0.15) is 33.1 Å². The summed E-state index contributed by atoms with van der Waals surface area (Å²) >= 11 is 0. The molecule has 0 saturated carbocycles. The first-order valence-electron chi connectivity index (χ1n) is 11.7. The van der Waals surface area contributed by atoms with Crippen LogP contribution >= 0.6 is 0 Å². The van der Waals surface area contributed by atoms with Gasteiger partial charge in [0.15, 0.2) is 0 Å². The van der Waals surface area contributed by atoms with E-state index in [0.717, 1.165) is 16.7 Å². The predicted octanol–water partition coefficient (Wildman–Crippen LogP) is 5.68. The van der Waals surface area contributed by atoms with Crippen LogP contribution < -0.4 is 15.1 Å². The van der Waals surface area contributed by atoms with Crippen LogP contribution in [0.4, 0.5) is 5.69 Å². The Balaban J connectivity index is 1.78. The molecule has 6 nitrogen and oxygen atoms in total. The predicted molar refractivity (Wildman–Crippen MR) is 143 cm³/mol. The number of carbonyl (C=O) groups is 1. The minimum absolute atomic E-state index is 0.201. The lowest BCUT2D eigenvalue weighted by Gasteiger charge is -2.29. The van der Waals surface area contributed by atoms with E-state index in [0.29, 0.717) is 28.4 Å². The molecular formula is C30H29N3O3. The molecule has 0 fully saturated rings. The van der Waals surface area contributed by atoms with Crippen LogP contribution in [0, 0.1) is 12.1 Å². The Morgan fingerprint density at radius 3 is 2.17 bits per heavy atom. The van der Waals surface area contributed by atoms with Crippen LogP contribution in [0.25, 0.3) is 0 Å². The first-order valence-corrected chi connectivity index (χ1v) is 11.7. The van der Waals surface area contributed by atoms with E-state index >= 15 is 0 Å². The largest absolute Gasteiger partial charge is 0.597 e. The lowest BCUT2D eigenvalue weighted by Crippen LogP contribution is -2.39. The number of hydrazine groups is 1. The van der Waals surface area contributed by atoms with Crippen molar-refractivity contribution in [3.63, 3.8) is 0 Å². The molecule has 1 atom stereocenters. The number of hydrazone groups is 1. The molecule has 0 bridgehead atoms. The molecule has 4 aromatic carbocycles. The maximum absolute atomic E-state index is 14.0. The van der Waals surface area contributed by atoms with E-state index in [1.807, 2.05) is 110 Å². The first kappa shape index (κ1) is 24.5. The second-order valence-corrected chi connectivity index (χ2v) is 8.34. The number of benzene rings is 4. The fourth-order valence-corrected chi connectivity index (χ4v) is 3.98. The van der Waals surface area contributed by atoms with Crippen molar-refractivity contribution in [3.8, 4) is 5.75 Å². The summed E-state index contributed by atoms with van der Waals surface area (Å²) in [6.45, 7) is 2.26. The molecule has 0 aliphatic carbocycles. The molecule has 182 valence electrons. The zero-order chi connectivity index (χ0) is 25.3. The molecule has 0 spiro atoms. The average Bonchev–Trinajstić information content (AvgIpc) is 2.93. The lowest BCUT2D eigenvalue weighted by atomic mass is 10.0. The highest BCUT2D eigenvalue weighted by Gasteiger charge is 2.30. The molecule has 1 amide bonds. The molecule has 4 rings (SSSR count). The van der Waals surface area contributed by atoms with Crippen molar-refractivity contribution in [2.75, 3.05) is 12.0 Å². The van der Waals surface area contributed by atoms with E-state index < -0.39 is 6.04 Å². The first-order chi connectivity index (χ1) is 17.6. The number of nitrogens with one attached hydrogen (secondary N) is 1. The molecule has 0 aliphatic rings. The van der Waals surface area contributed by atoms with Crippen LogP contribution in [-0.2, 0) is 6.54 Å². The van der Waals surface area contributed by atoms with Gasteiger partial charge in [0.2, 0.25) is 6.21 Å². The van der Waals surface area contributed by atoms with Crippen molar-refractivity contribution in [1.82, 2.24) is 5.43 Å². The topological polar surface area (TPSA) is 67.6 Å². The fourth-order valence-electron chi connectivity index (χ4n) is 3.98. The van der Waals surface area contributed by atoms with Crippen LogP contribution in [0.2, 0.25) is 0 Å². The molecule has 6 heteroatoms. The molecule has 0 aromatic heterocycles. The standard InChI is InChI=1S/C30H29N3O3/c1-23-11-9-10-16-28(23)30(34)33(26-14-7-4-8-15-26)29(25-17-19-27(36-2)20-18-25)22-32(35)31-21-24-12-5-3-6-13-24/h3-20,22,29,31H,21H2,1-2H3/b32-22+. The quantitative estimate of drug-likeness (QED) is 0.145. The smallest absolute Gasteiger partial charge is 0.259 e. The minimum Gasteiger partial charge on any atom is -0.597 e. The number of rotatable bonds is 9. The van der Waals surface area contributed by atoms with Gasteiger partial charge >= 0.3 is 0 Å². The molecule has 36 heavy (non-hydrogen) atoms. The highest BCUT2D eigenvalue weighted by atomic mass is 16.5. The zero-order valence-corrected chi connectivity index (χ0v) is 20.4. The van der Waals surface area contributed by atoms with Gasteiger partial charge in [-0.3, -0.25) is 9.69 Å². The van der Waals surface area contributed by atoms with Gasteiger partial charge in [-0.1, -0.05) is 83.7 Å². The second kappa shape index (κ2) is 11.7. The van der Waals surface area contributed by atoms with Gasteiger partial charge in [0.25, 0.3) is 5.91 Å². The van der Waals surface area contributed by atoms with Crippen molar-refractivity contribution in [3.05, 3.63) is 137 Å². The molecular weight excluding hydrogens is 450 g/mol. The number of methoxy groups -OCH3 is 1. The summed E-state index contributed by atoms with van der Waals surface area (Å²) in [5.74, 6) is 0.489. The van der Waals surface area contributed by atoms with Crippen LogP contribution in [0.15, 0.2) is 109 Å². The Morgan fingerprint density at radius 1 is 0.917 bits per heavy atom. The van der Waals surface area contributed by atoms with Gasteiger partial charge in [0.1, 0.15) is 11.8 Å². The summed E-state index contributed by atoms with van der Waals surface area (Å²) in [5.41, 5.74) is 6.73. The molecule has 1 unspecified atom stereocenters. The number of ether oxygens (including phenoxy) is 1. The number of nitrogens with zero attached hydrogens (tertiary/aromatic N) is 2. The number of hydrogen-bond acceptors (Lipinski definition) is 4. The van der Waals surface area contributed by atoms with Crippen LogP contribution in [0.5, 0.6) is 5.75 Å². The monoisotopic (exact) mass is 479 g/mol. The zero-order valence-electron chi connectivity index (χ0n) is 20.4. The van der Waals surface area contributed by atoms with E-state index in [-0.39, 0.29) is 5.91 Å². The van der Waals surface area contributed by atoms with E-state index in [1.54, 1.807) is 18.1 Å². The molecule has 0 heterocycles. The van der Waals surface area contributed by atoms with Crippen molar-refractivity contribution in [1.29, 1.82) is 0 Å². The number of amides is 1. The summed E-state index contributed by atoms with van der Waals surface area (Å²) in [6, 6.07) is 33.2. The maximum Gasteiger partial charge on any atom is 0.259 e. The number of aryl methyl sites for hydroxylation is 1. The molecule has 0 radical (unpaired) electrons. The Kier molecular flexibility index (Phi) is 7.98. The maximum atomic E-state index is 14.0. The van der Waals surface area contributed by atoms with Gasteiger partial charge in [-0.2, -0.15) is 5.43 Å². The summed E-state index contributed by atoms with van der Waals surface area (Å²) in [7, 11) is 1.60. The molecule has 1 N–H and O–H groups in total. The Hall–Kier alpha value is -4.58. The summed E-state index contributed by atoms with van der Waals surface area (Å²) in [5, 5.41) is 13.1. The highest BCUT2D eigenvalue weighted by molar-refractivity contribution is 6.09. The third-order valence-corrected chi connectivity index (χ3v) is 5.92. The third kappa shape index (κ3) is 5.91. The number of carbonyl (C=O) groups excluding carboxylic acids is 1. The molecule has 4 aromatic rings. The van der Waals surface area contributed by atoms with E-state index in [1.165, 1.54) is 6.21 Å². The van der Waals surface area contributed by atoms with E-state index in [4.69, 9.17) is 4.74 Å². The Bertz CT molecular complexity index is 1310. The summed E-state index contributed by atoms with van der Waals surface area (Å²) in [6.07, 6.45) is 1.48. The number of para-hydroxylation sites is 1. The lowest BCUT2D eigenvalue weighted by molar-refractivity contribution is -0.523. The Morgan fingerprint density at radius 2 is 1.53 bits per heavy atom. The minimum atomic E-state index is -0.689. The molecule has 0 saturated heterocycles. The Labute approximate surface area is 211 Å². The van der Waals surface area contributed by atoms with Gasteiger partial charge in [-0.05, 0) is 53.9 Å². The van der Waals surface area contributed by atoms with Crippen molar-refractivity contribution in [2.24, 2.45) is 0 Å². The highest BCUT2D eigenvalue weighted by Crippen LogP contribution is 2.30. The second-order valence-electron chi connectivity index (χ2n) is 8.34. The third-order valence-electron chi connectivity index (χ3n) is 5.92. The van der Waals surface area contributed by atoms with Crippen LogP contribution in [0.3, 0.4) is 0 Å². The van der Waals surface area contributed by atoms with Gasteiger partial charge in [0, 0.05) is 11.3 Å². The van der Waals surface area contributed by atoms with E-state index in [9.17, 15) is 10.0 Å². The number of anilines is 1. The van der Waals surface area contributed by atoms with Gasteiger partial charge in [0.05, 0.1) is 13.7 Å². The normalized spacial score (nSPS) is 12.0. The van der Waals surface area contributed by atoms with Crippen molar-refractivity contribution < 1.29 is 14.4 Å².